The molecule has 0 fully saturated rings. The minimum Gasteiger partial charge on any atom is -0.497 e. The molecule has 0 N–H and O–H groups in total. The first-order chi connectivity index (χ1) is 15.8. The van der Waals surface area contributed by atoms with E-state index in [0.29, 0.717) is 37.4 Å². The molecule has 1 atom stereocenters. The van der Waals surface area contributed by atoms with E-state index in [-0.39, 0.29) is 30.7 Å². The highest BCUT2D eigenvalue weighted by atomic mass is 32.2. The summed E-state index contributed by atoms with van der Waals surface area (Å²) in [5.41, 5.74) is 1.73. The molecule has 1 unspecified atom stereocenters. The van der Waals surface area contributed by atoms with E-state index in [0.717, 1.165) is 11.1 Å². The summed E-state index contributed by atoms with van der Waals surface area (Å²) in [7, 11) is -0.388. The van der Waals surface area contributed by atoms with Gasteiger partial charge in [0.25, 0.3) is 0 Å². The zero-order chi connectivity index (χ0) is 24.3. The van der Waals surface area contributed by atoms with E-state index < -0.39 is 10.0 Å². The molecule has 0 aliphatic rings. The summed E-state index contributed by atoms with van der Waals surface area (Å²) >= 11 is 0. The molecule has 2 rings (SSSR count). The highest BCUT2D eigenvalue weighted by Gasteiger charge is 2.24. The number of ether oxygens (including phenoxy) is 3. The predicted molar refractivity (Wildman–Crippen MR) is 129 cm³/mol. The first-order valence-electron chi connectivity index (χ1n) is 11.2. The Morgan fingerprint density at radius 3 is 1.76 bits per heavy atom. The van der Waals surface area contributed by atoms with Gasteiger partial charge in [0, 0.05) is 13.1 Å². The summed E-state index contributed by atoms with van der Waals surface area (Å²) in [6.45, 7) is 4.49. The second-order valence-electron chi connectivity index (χ2n) is 7.78. The molecular weight excluding hydrogens is 442 g/mol. The van der Waals surface area contributed by atoms with Crippen LogP contribution in [-0.2, 0) is 32.6 Å². The van der Waals surface area contributed by atoms with Gasteiger partial charge >= 0.3 is 5.97 Å². The van der Waals surface area contributed by atoms with Gasteiger partial charge in [0.1, 0.15) is 11.5 Å². The highest BCUT2D eigenvalue weighted by molar-refractivity contribution is 7.89. The number of methoxy groups -OCH3 is 2. The van der Waals surface area contributed by atoms with E-state index in [1.54, 1.807) is 21.1 Å². The van der Waals surface area contributed by atoms with Crippen molar-refractivity contribution < 1.29 is 27.4 Å². The SMILES string of the molecule is CCOC(=O)C(CC)CCCS(=O)(=O)N(Cc1ccc(OC)cc1)Cc1ccc(OC)cc1. The fourth-order valence-electron chi connectivity index (χ4n) is 3.51. The molecule has 0 spiro atoms. The Balaban J connectivity index is 2.15. The monoisotopic (exact) mass is 477 g/mol. The van der Waals surface area contributed by atoms with Gasteiger partial charge < -0.3 is 14.2 Å². The number of benzene rings is 2. The molecule has 0 bridgehead atoms. The molecule has 0 radical (unpaired) electrons. The van der Waals surface area contributed by atoms with Gasteiger partial charge in [-0.25, -0.2) is 8.42 Å². The average molecular weight is 478 g/mol. The molecule has 0 amide bonds. The standard InChI is InChI=1S/C25H35NO6S/c1-5-22(25(27)32-6-2)8-7-17-33(28,29)26(18-20-9-13-23(30-3)14-10-20)19-21-11-15-24(31-4)16-12-21/h9-16,22H,5-8,17-19H2,1-4H3. The predicted octanol–water partition coefficient (Wildman–Crippen LogP) is 4.41. The van der Waals surface area contributed by atoms with E-state index in [1.165, 1.54) is 4.31 Å². The molecule has 0 heterocycles. The zero-order valence-electron chi connectivity index (χ0n) is 20.0. The minimum absolute atomic E-state index is 0.0325. The second-order valence-corrected chi connectivity index (χ2v) is 9.87. The lowest BCUT2D eigenvalue weighted by Crippen LogP contribution is -2.32. The van der Waals surface area contributed by atoms with Crippen LogP contribution in [0.2, 0.25) is 0 Å². The lowest BCUT2D eigenvalue weighted by molar-refractivity contribution is -0.148. The molecule has 8 heteroatoms. The third kappa shape index (κ3) is 8.37. The maximum atomic E-state index is 13.3. The molecular formula is C25H35NO6S. The number of sulfonamides is 1. The van der Waals surface area contributed by atoms with Crippen LogP contribution in [0.4, 0.5) is 0 Å². The second kappa shape index (κ2) is 13.2. The largest absolute Gasteiger partial charge is 0.497 e. The third-order valence-corrected chi connectivity index (χ3v) is 7.35. The fraction of sp³-hybridized carbons (Fsp3) is 0.480. The van der Waals surface area contributed by atoms with Crippen molar-refractivity contribution in [2.45, 2.75) is 46.2 Å². The van der Waals surface area contributed by atoms with Crippen molar-refractivity contribution in [3.63, 3.8) is 0 Å². The van der Waals surface area contributed by atoms with Crippen molar-refractivity contribution in [3.05, 3.63) is 59.7 Å². The Bertz CT molecular complexity index is 908. The number of carbonyl (C=O) groups is 1. The van der Waals surface area contributed by atoms with Gasteiger partial charge in [-0.1, -0.05) is 31.2 Å². The third-order valence-electron chi connectivity index (χ3n) is 5.50. The fourth-order valence-corrected chi connectivity index (χ4v) is 4.99. The Morgan fingerprint density at radius 2 is 1.36 bits per heavy atom. The number of hydrogen-bond donors (Lipinski definition) is 0. The number of esters is 1. The molecule has 0 aliphatic carbocycles. The summed E-state index contributed by atoms with van der Waals surface area (Å²) in [6.07, 6.45) is 1.50. The maximum absolute atomic E-state index is 13.3. The number of carbonyl (C=O) groups excluding carboxylic acids is 1. The lowest BCUT2D eigenvalue weighted by Gasteiger charge is -2.23. The Hall–Kier alpha value is -2.58. The van der Waals surface area contributed by atoms with Gasteiger partial charge in [-0.05, 0) is 61.6 Å². The van der Waals surface area contributed by atoms with Gasteiger partial charge in [-0.15, -0.1) is 0 Å². The molecule has 33 heavy (non-hydrogen) atoms. The molecule has 0 saturated heterocycles. The molecule has 2 aromatic carbocycles. The first-order valence-corrected chi connectivity index (χ1v) is 12.8. The summed E-state index contributed by atoms with van der Waals surface area (Å²) in [6, 6.07) is 14.7. The number of rotatable bonds is 14. The molecule has 0 aromatic heterocycles. The molecule has 7 nitrogen and oxygen atoms in total. The molecule has 2 aromatic rings. The van der Waals surface area contributed by atoms with E-state index >= 15 is 0 Å². The van der Waals surface area contributed by atoms with Crippen molar-refractivity contribution in [1.29, 1.82) is 0 Å². The molecule has 182 valence electrons. The van der Waals surface area contributed by atoms with Gasteiger partial charge in [0.15, 0.2) is 0 Å². The maximum Gasteiger partial charge on any atom is 0.308 e. The van der Waals surface area contributed by atoms with Crippen LogP contribution >= 0.6 is 0 Å². The van der Waals surface area contributed by atoms with Gasteiger partial charge in [-0.3, -0.25) is 4.79 Å². The minimum atomic E-state index is -3.57. The van der Waals surface area contributed by atoms with E-state index in [4.69, 9.17) is 14.2 Å². The van der Waals surface area contributed by atoms with Crippen molar-refractivity contribution in [3.8, 4) is 11.5 Å². The van der Waals surface area contributed by atoms with Crippen molar-refractivity contribution in [1.82, 2.24) is 4.31 Å². The quantitative estimate of drug-likeness (QED) is 0.375. The topological polar surface area (TPSA) is 82.1 Å². The van der Waals surface area contributed by atoms with Crippen LogP contribution in [0.3, 0.4) is 0 Å². The normalized spacial score (nSPS) is 12.4. The van der Waals surface area contributed by atoms with Gasteiger partial charge in [0.05, 0.1) is 32.5 Å². The van der Waals surface area contributed by atoms with Gasteiger partial charge in [-0.2, -0.15) is 4.31 Å². The van der Waals surface area contributed by atoms with E-state index in [9.17, 15) is 13.2 Å². The van der Waals surface area contributed by atoms with E-state index in [1.807, 2.05) is 55.5 Å². The lowest BCUT2D eigenvalue weighted by atomic mass is 10.0. The highest BCUT2D eigenvalue weighted by Crippen LogP contribution is 2.21. The van der Waals surface area contributed by atoms with Crippen molar-refractivity contribution in [2.75, 3.05) is 26.6 Å². The average Bonchev–Trinajstić information content (AvgIpc) is 2.82. The first kappa shape index (κ1) is 26.7. The Kier molecular flexibility index (Phi) is 10.7. The summed E-state index contributed by atoms with van der Waals surface area (Å²) < 4.78 is 43.6. The Labute approximate surface area is 197 Å². The van der Waals surface area contributed by atoms with Crippen LogP contribution in [0, 0.1) is 5.92 Å². The number of hydrogen-bond acceptors (Lipinski definition) is 6. The van der Waals surface area contributed by atoms with Gasteiger partial charge in [0.2, 0.25) is 10.0 Å². The summed E-state index contributed by atoms with van der Waals surface area (Å²) in [5, 5.41) is 0. The molecule has 0 aliphatic heterocycles. The summed E-state index contributed by atoms with van der Waals surface area (Å²) in [5.74, 6) is 0.859. The van der Waals surface area contributed by atoms with Crippen LogP contribution in [-0.4, -0.2) is 45.3 Å². The van der Waals surface area contributed by atoms with Crippen LogP contribution < -0.4 is 9.47 Å². The zero-order valence-corrected chi connectivity index (χ0v) is 20.8. The number of nitrogens with zero attached hydrogens (tertiary/aromatic N) is 1. The van der Waals surface area contributed by atoms with Crippen LogP contribution in [0.5, 0.6) is 11.5 Å². The van der Waals surface area contributed by atoms with Crippen LogP contribution in [0.15, 0.2) is 48.5 Å². The van der Waals surface area contributed by atoms with Crippen LogP contribution in [0.1, 0.15) is 44.2 Å². The van der Waals surface area contributed by atoms with Crippen LogP contribution in [0.25, 0.3) is 0 Å². The van der Waals surface area contributed by atoms with Crippen molar-refractivity contribution in [2.24, 2.45) is 5.92 Å². The molecule has 0 saturated carbocycles. The van der Waals surface area contributed by atoms with E-state index in [2.05, 4.69) is 0 Å². The van der Waals surface area contributed by atoms with Crippen molar-refractivity contribution >= 4 is 16.0 Å². The smallest absolute Gasteiger partial charge is 0.308 e. The Morgan fingerprint density at radius 1 is 0.879 bits per heavy atom. The summed E-state index contributed by atoms with van der Waals surface area (Å²) in [4.78, 5) is 12.0.